The summed E-state index contributed by atoms with van der Waals surface area (Å²) in [4.78, 5) is 21.6. The van der Waals surface area contributed by atoms with E-state index in [1.54, 1.807) is 24.5 Å². The van der Waals surface area contributed by atoms with Crippen LogP contribution in [0.2, 0.25) is 5.02 Å². The summed E-state index contributed by atoms with van der Waals surface area (Å²) in [6.45, 7) is 0. The van der Waals surface area contributed by atoms with E-state index in [9.17, 15) is 9.18 Å². The van der Waals surface area contributed by atoms with E-state index in [-0.39, 0.29) is 21.5 Å². The molecular formula is C18H15ClFN3O. The number of fused-ring (bicyclic) bond motifs is 1. The van der Waals surface area contributed by atoms with Crippen LogP contribution in [0.4, 0.5) is 4.39 Å². The van der Waals surface area contributed by atoms with Crippen LogP contribution in [0.3, 0.4) is 0 Å². The van der Waals surface area contributed by atoms with Crippen LogP contribution in [-0.2, 0) is 6.42 Å². The zero-order valence-electron chi connectivity index (χ0n) is 12.9. The second kappa shape index (κ2) is 5.98. The second-order valence-electron chi connectivity index (χ2n) is 6.11. The summed E-state index contributed by atoms with van der Waals surface area (Å²) in [6.07, 6.45) is 7.23. The van der Waals surface area contributed by atoms with Gasteiger partial charge in [0.05, 0.1) is 22.3 Å². The van der Waals surface area contributed by atoms with Crippen molar-refractivity contribution in [3.05, 3.63) is 63.7 Å². The molecule has 0 amide bonds. The lowest BCUT2D eigenvalue weighted by molar-refractivity contribution is 0.630. The van der Waals surface area contributed by atoms with E-state index >= 15 is 0 Å². The lowest BCUT2D eigenvalue weighted by Gasteiger charge is -2.14. The number of pyridine rings is 1. The molecule has 0 bridgehead atoms. The van der Waals surface area contributed by atoms with Crippen molar-refractivity contribution in [1.29, 1.82) is 0 Å². The van der Waals surface area contributed by atoms with Gasteiger partial charge in [0.15, 0.2) is 0 Å². The van der Waals surface area contributed by atoms with Gasteiger partial charge in [0.25, 0.3) is 5.56 Å². The van der Waals surface area contributed by atoms with Crippen molar-refractivity contribution in [2.45, 2.75) is 25.7 Å². The van der Waals surface area contributed by atoms with Crippen LogP contribution < -0.4 is 5.56 Å². The number of rotatable bonds is 4. The van der Waals surface area contributed by atoms with E-state index in [4.69, 9.17) is 11.6 Å². The fourth-order valence-electron chi connectivity index (χ4n) is 2.92. The molecule has 0 N–H and O–H groups in total. The maximum Gasteiger partial charge on any atom is 0.267 e. The molecule has 3 aromatic rings. The largest absolute Gasteiger partial charge is 0.268 e. The smallest absolute Gasteiger partial charge is 0.267 e. The molecule has 122 valence electrons. The first-order valence-electron chi connectivity index (χ1n) is 7.95. The maximum atomic E-state index is 14.2. The zero-order chi connectivity index (χ0) is 16.7. The highest BCUT2D eigenvalue weighted by molar-refractivity contribution is 6.35. The summed E-state index contributed by atoms with van der Waals surface area (Å²) >= 11 is 6.15. The van der Waals surface area contributed by atoms with Gasteiger partial charge in [-0.2, -0.15) is 0 Å². The standard InChI is InChI=1S/C18H15ClFN3O/c19-13-6-7-14(20)17-16(13)18(24)23(12-2-1-9-21-10-12)15(22-17)8-5-11-3-4-11/h1-2,6-7,9-11H,3-5,8H2. The monoisotopic (exact) mass is 343 g/mol. The molecule has 0 spiro atoms. The zero-order valence-corrected chi connectivity index (χ0v) is 13.6. The highest BCUT2D eigenvalue weighted by Crippen LogP contribution is 2.33. The van der Waals surface area contributed by atoms with Crippen LogP contribution in [-0.4, -0.2) is 14.5 Å². The predicted molar refractivity (Wildman–Crippen MR) is 91.1 cm³/mol. The van der Waals surface area contributed by atoms with Crippen LogP contribution in [0.25, 0.3) is 16.6 Å². The van der Waals surface area contributed by atoms with Crippen molar-refractivity contribution < 1.29 is 4.39 Å². The van der Waals surface area contributed by atoms with Crippen LogP contribution in [0.1, 0.15) is 25.1 Å². The highest BCUT2D eigenvalue weighted by Gasteiger charge is 2.23. The van der Waals surface area contributed by atoms with Crippen molar-refractivity contribution in [3.63, 3.8) is 0 Å². The summed E-state index contributed by atoms with van der Waals surface area (Å²) in [6, 6.07) is 6.18. The molecule has 1 saturated carbocycles. The third kappa shape index (κ3) is 2.69. The first kappa shape index (κ1) is 15.3. The molecule has 0 radical (unpaired) electrons. The van der Waals surface area contributed by atoms with Gasteiger partial charge < -0.3 is 0 Å². The summed E-state index contributed by atoms with van der Waals surface area (Å²) in [7, 11) is 0. The SMILES string of the molecule is O=c1c2c(Cl)ccc(F)c2nc(CCC2CC2)n1-c1cccnc1. The topological polar surface area (TPSA) is 47.8 Å². The number of hydrogen-bond acceptors (Lipinski definition) is 3. The van der Waals surface area contributed by atoms with Crippen molar-refractivity contribution in [1.82, 2.24) is 14.5 Å². The number of benzene rings is 1. The summed E-state index contributed by atoms with van der Waals surface area (Å²) in [5.74, 6) is 0.704. The Kier molecular flexibility index (Phi) is 3.81. The lowest BCUT2D eigenvalue weighted by atomic mass is 10.1. The number of halogens is 2. The molecule has 0 unspecified atom stereocenters. The van der Waals surface area contributed by atoms with Crippen LogP contribution >= 0.6 is 11.6 Å². The van der Waals surface area contributed by atoms with Gasteiger partial charge in [-0.15, -0.1) is 0 Å². The van der Waals surface area contributed by atoms with Crippen LogP contribution in [0.15, 0.2) is 41.5 Å². The summed E-state index contributed by atoms with van der Waals surface area (Å²) < 4.78 is 15.7. The number of hydrogen-bond donors (Lipinski definition) is 0. The van der Waals surface area contributed by atoms with Gasteiger partial charge in [-0.25, -0.2) is 9.37 Å². The second-order valence-corrected chi connectivity index (χ2v) is 6.52. The van der Waals surface area contributed by atoms with Crippen molar-refractivity contribution >= 4 is 22.5 Å². The van der Waals surface area contributed by atoms with Crippen LogP contribution in [0.5, 0.6) is 0 Å². The van der Waals surface area contributed by atoms with Gasteiger partial charge >= 0.3 is 0 Å². The average molecular weight is 344 g/mol. The van der Waals surface area contributed by atoms with Crippen LogP contribution in [0, 0.1) is 11.7 Å². The first-order chi connectivity index (χ1) is 11.6. The van der Waals surface area contributed by atoms with E-state index in [1.807, 2.05) is 0 Å². The van der Waals surface area contributed by atoms with Crippen molar-refractivity contribution in [2.75, 3.05) is 0 Å². The Morgan fingerprint density at radius 2 is 2.12 bits per heavy atom. The van der Waals surface area contributed by atoms with E-state index in [1.165, 1.54) is 29.5 Å². The van der Waals surface area contributed by atoms with Gasteiger partial charge in [-0.3, -0.25) is 14.3 Å². The molecule has 1 aliphatic rings. The third-order valence-corrected chi connectivity index (χ3v) is 4.69. The minimum absolute atomic E-state index is 0.0402. The maximum absolute atomic E-state index is 14.2. The molecular weight excluding hydrogens is 329 g/mol. The Labute approximate surface area is 142 Å². The third-order valence-electron chi connectivity index (χ3n) is 4.37. The molecule has 1 aliphatic carbocycles. The van der Waals surface area contributed by atoms with E-state index in [2.05, 4.69) is 9.97 Å². The molecule has 2 heterocycles. The molecule has 0 saturated heterocycles. The predicted octanol–water partition coefficient (Wildman–Crippen LogP) is 3.92. The average Bonchev–Trinajstić information content (AvgIpc) is 3.41. The van der Waals surface area contributed by atoms with Gasteiger partial charge in [-0.1, -0.05) is 24.4 Å². The Morgan fingerprint density at radius 3 is 2.83 bits per heavy atom. The van der Waals surface area contributed by atoms with Crippen molar-refractivity contribution in [2.24, 2.45) is 5.92 Å². The quantitative estimate of drug-likeness (QED) is 0.721. The lowest BCUT2D eigenvalue weighted by Crippen LogP contribution is -2.25. The minimum Gasteiger partial charge on any atom is -0.268 e. The van der Waals surface area contributed by atoms with Crippen molar-refractivity contribution in [3.8, 4) is 5.69 Å². The molecule has 0 aliphatic heterocycles. The Balaban J connectivity index is 1.99. The number of nitrogens with zero attached hydrogens (tertiary/aromatic N) is 3. The van der Waals surface area contributed by atoms with E-state index < -0.39 is 5.82 Å². The molecule has 1 aromatic carbocycles. The van der Waals surface area contributed by atoms with Gasteiger partial charge in [0.1, 0.15) is 17.2 Å². The normalized spacial score (nSPS) is 14.2. The molecule has 0 atom stereocenters. The molecule has 4 rings (SSSR count). The van der Waals surface area contributed by atoms with E-state index in [0.717, 1.165) is 6.42 Å². The summed E-state index contributed by atoms with van der Waals surface area (Å²) in [5.41, 5.74) is 0.296. The molecule has 24 heavy (non-hydrogen) atoms. The molecule has 4 nitrogen and oxygen atoms in total. The summed E-state index contributed by atoms with van der Waals surface area (Å²) in [5, 5.41) is 0.311. The first-order valence-corrected chi connectivity index (χ1v) is 8.33. The number of aryl methyl sites for hydroxylation is 1. The molecule has 1 fully saturated rings. The Bertz CT molecular complexity index is 967. The molecule has 2 aromatic heterocycles. The number of aromatic nitrogens is 3. The van der Waals surface area contributed by atoms with E-state index in [0.29, 0.717) is 23.9 Å². The molecule has 6 heteroatoms. The Hall–Kier alpha value is -2.27. The highest BCUT2D eigenvalue weighted by atomic mass is 35.5. The van der Waals surface area contributed by atoms with Gasteiger partial charge in [0.2, 0.25) is 0 Å². The Morgan fingerprint density at radius 1 is 1.29 bits per heavy atom. The van der Waals surface area contributed by atoms with Gasteiger partial charge in [-0.05, 0) is 36.6 Å². The van der Waals surface area contributed by atoms with Gasteiger partial charge in [0, 0.05) is 12.6 Å². The fourth-order valence-corrected chi connectivity index (χ4v) is 3.16. The fraction of sp³-hybridized carbons (Fsp3) is 0.278. The minimum atomic E-state index is -0.530.